The van der Waals surface area contributed by atoms with Crippen molar-refractivity contribution in [3.63, 3.8) is 0 Å². The third-order valence-corrected chi connectivity index (χ3v) is 5.35. The Morgan fingerprint density at radius 3 is 2.20 bits per heavy atom. The number of hydrogen-bond donors (Lipinski definition) is 1. The van der Waals surface area contributed by atoms with Crippen LogP contribution >= 0.6 is 0 Å². The molecule has 1 atom stereocenters. The summed E-state index contributed by atoms with van der Waals surface area (Å²) in [4.78, 5) is 17.3. The van der Waals surface area contributed by atoms with Crippen LogP contribution in [0.25, 0.3) is 0 Å². The molecular weight excluding hydrogens is 382 g/mol. The smallest absolute Gasteiger partial charge is 0.251 e. The number of benzene rings is 2. The number of carbonyl (C=O) groups excluding carboxylic acids is 1. The molecule has 2 aromatic rings. The first-order chi connectivity index (χ1) is 14.5. The van der Waals surface area contributed by atoms with Gasteiger partial charge in [-0.2, -0.15) is 0 Å². The Hall–Kier alpha value is -2.77. The average Bonchev–Trinajstić information content (AvgIpc) is 2.79. The van der Waals surface area contributed by atoms with Gasteiger partial charge in [-0.15, -0.1) is 0 Å². The van der Waals surface area contributed by atoms with Gasteiger partial charge < -0.3 is 24.4 Å². The second-order valence-electron chi connectivity index (χ2n) is 7.46. The second-order valence-corrected chi connectivity index (χ2v) is 7.46. The van der Waals surface area contributed by atoms with E-state index in [0.717, 1.165) is 18.8 Å². The Balaban J connectivity index is 1.77. The van der Waals surface area contributed by atoms with E-state index in [-0.39, 0.29) is 11.9 Å². The Morgan fingerprint density at radius 2 is 1.67 bits per heavy atom. The minimum Gasteiger partial charge on any atom is -0.497 e. The third-order valence-electron chi connectivity index (χ3n) is 5.35. The number of morpholine rings is 1. The quantitative estimate of drug-likeness (QED) is 0.718. The monoisotopic (exact) mass is 413 g/mol. The molecule has 162 valence electrons. The van der Waals surface area contributed by atoms with Crippen LogP contribution in [-0.4, -0.2) is 72.0 Å². The van der Waals surface area contributed by atoms with E-state index in [1.165, 1.54) is 5.56 Å². The van der Waals surface area contributed by atoms with Gasteiger partial charge in [-0.3, -0.25) is 9.69 Å². The highest BCUT2D eigenvalue weighted by atomic mass is 16.5. The van der Waals surface area contributed by atoms with E-state index in [9.17, 15) is 4.79 Å². The van der Waals surface area contributed by atoms with Gasteiger partial charge in [-0.25, -0.2) is 0 Å². The van der Waals surface area contributed by atoms with E-state index in [2.05, 4.69) is 39.4 Å². The molecule has 30 heavy (non-hydrogen) atoms. The summed E-state index contributed by atoms with van der Waals surface area (Å²) in [6.45, 7) is 3.58. The SMILES string of the molecule is COc1cc(OC)cc(C(=O)NC[C@H](c2ccc(N(C)C)cc2)N2CCOCC2)c1. The molecule has 1 N–H and O–H groups in total. The Morgan fingerprint density at radius 1 is 1.07 bits per heavy atom. The Labute approximate surface area is 178 Å². The summed E-state index contributed by atoms with van der Waals surface area (Å²) in [6, 6.07) is 13.7. The fraction of sp³-hybridized carbons (Fsp3) is 0.435. The van der Waals surface area contributed by atoms with Crippen LogP contribution in [0.15, 0.2) is 42.5 Å². The number of methoxy groups -OCH3 is 2. The number of carbonyl (C=O) groups is 1. The summed E-state index contributed by atoms with van der Waals surface area (Å²) >= 11 is 0. The van der Waals surface area contributed by atoms with Crippen LogP contribution < -0.4 is 19.7 Å². The van der Waals surface area contributed by atoms with E-state index >= 15 is 0 Å². The lowest BCUT2D eigenvalue weighted by molar-refractivity contribution is 0.0162. The van der Waals surface area contributed by atoms with Crippen molar-refractivity contribution in [3.05, 3.63) is 53.6 Å². The van der Waals surface area contributed by atoms with Crippen molar-refractivity contribution in [2.24, 2.45) is 0 Å². The molecule has 0 aliphatic carbocycles. The number of nitrogens with one attached hydrogen (secondary N) is 1. The summed E-state index contributed by atoms with van der Waals surface area (Å²) in [7, 11) is 7.19. The molecule has 0 saturated carbocycles. The zero-order valence-corrected chi connectivity index (χ0v) is 18.2. The molecule has 7 heteroatoms. The molecule has 0 spiro atoms. The fourth-order valence-corrected chi connectivity index (χ4v) is 3.57. The van der Waals surface area contributed by atoms with Crippen molar-refractivity contribution >= 4 is 11.6 Å². The fourth-order valence-electron chi connectivity index (χ4n) is 3.57. The third kappa shape index (κ3) is 5.43. The molecule has 0 aromatic heterocycles. The number of hydrogen-bond acceptors (Lipinski definition) is 6. The summed E-state index contributed by atoms with van der Waals surface area (Å²) in [5.41, 5.74) is 2.83. The van der Waals surface area contributed by atoms with Gasteiger partial charge in [0.15, 0.2) is 0 Å². The van der Waals surface area contributed by atoms with E-state index in [1.54, 1.807) is 32.4 Å². The molecule has 1 aliphatic rings. The number of ether oxygens (including phenoxy) is 3. The second kappa shape index (κ2) is 10.3. The highest BCUT2D eigenvalue weighted by Gasteiger charge is 2.23. The molecule has 1 heterocycles. The van der Waals surface area contributed by atoms with Crippen LogP contribution in [0, 0.1) is 0 Å². The molecule has 3 rings (SSSR count). The van der Waals surface area contributed by atoms with Gasteiger partial charge in [0.1, 0.15) is 11.5 Å². The molecule has 2 aromatic carbocycles. The number of rotatable bonds is 8. The van der Waals surface area contributed by atoms with Crippen molar-refractivity contribution in [1.82, 2.24) is 10.2 Å². The standard InChI is InChI=1S/C23H31N3O4/c1-25(2)19-7-5-17(6-8-19)22(26-9-11-30-12-10-26)16-24-23(27)18-13-20(28-3)15-21(14-18)29-4/h5-8,13-15,22H,9-12,16H2,1-4H3,(H,24,27)/t22-/m1/s1. The lowest BCUT2D eigenvalue weighted by Crippen LogP contribution is -2.43. The van der Waals surface area contributed by atoms with Gasteiger partial charge in [-0.1, -0.05) is 12.1 Å². The van der Waals surface area contributed by atoms with Crippen molar-refractivity contribution in [3.8, 4) is 11.5 Å². The van der Waals surface area contributed by atoms with Crippen molar-refractivity contribution in [1.29, 1.82) is 0 Å². The van der Waals surface area contributed by atoms with Gasteiger partial charge in [-0.05, 0) is 29.8 Å². The predicted octanol–water partition coefficient (Wildman–Crippen LogP) is 2.57. The van der Waals surface area contributed by atoms with Crippen molar-refractivity contribution in [2.75, 3.05) is 66.1 Å². The molecule has 0 bridgehead atoms. The molecule has 1 fully saturated rings. The summed E-state index contributed by atoms with van der Waals surface area (Å²) in [5.74, 6) is 1.02. The summed E-state index contributed by atoms with van der Waals surface area (Å²) in [6.07, 6.45) is 0. The number of amides is 1. The maximum Gasteiger partial charge on any atom is 0.251 e. The minimum absolute atomic E-state index is 0.0709. The molecule has 0 unspecified atom stereocenters. The van der Waals surface area contributed by atoms with E-state index in [4.69, 9.17) is 14.2 Å². The first kappa shape index (κ1) is 21.9. The molecule has 1 amide bonds. The maximum absolute atomic E-state index is 12.9. The van der Waals surface area contributed by atoms with Crippen LogP contribution in [0.1, 0.15) is 22.0 Å². The summed E-state index contributed by atoms with van der Waals surface area (Å²) < 4.78 is 16.1. The number of nitrogens with zero attached hydrogens (tertiary/aromatic N) is 2. The zero-order valence-electron chi connectivity index (χ0n) is 18.2. The van der Waals surface area contributed by atoms with Crippen molar-refractivity contribution < 1.29 is 19.0 Å². The molecule has 0 radical (unpaired) electrons. The van der Waals surface area contributed by atoms with Crippen LogP contribution in [0.5, 0.6) is 11.5 Å². The Kier molecular flexibility index (Phi) is 7.54. The Bertz CT molecular complexity index is 811. The van der Waals surface area contributed by atoms with Gasteiger partial charge in [0, 0.05) is 51.0 Å². The largest absolute Gasteiger partial charge is 0.497 e. The van der Waals surface area contributed by atoms with Gasteiger partial charge in [0.2, 0.25) is 0 Å². The van der Waals surface area contributed by atoms with E-state index in [1.807, 2.05) is 14.1 Å². The van der Waals surface area contributed by atoms with Crippen molar-refractivity contribution in [2.45, 2.75) is 6.04 Å². The highest BCUT2D eigenvalue weighted by Crippen LogP contribution is 2.25. The lowest BCUT2D eigenvalue weighted by atomic mass is 10.0. The minimum atomic E-state index is -0.157. The maximum atomic E-state index is 12.9. The van der Waals surface area contributed by atoms with Crippen LogP contribution in [0.3, 0.4) is 0 Å². The molecule has 1 saturated heterocycles. The topological polar surface area (TPSA) is 63.3 Å². The zero-order chi connectivity index (χ0) is 21.5. The first-order valence-electron chi connectivity index (χ1n) is 10.1. The summed E-state index contributed by atoms with van der Waals surface area (Å²) in [5, 5.41) is 3.09. The van der Waals surface area contributed by atoms with Crippen LogP contribution in [-0.2, 0) is 4.74 Å². The molecule has 7 nitrogen and oxygen atoms in total. The number of anilines is 1. The van der Waals surface area contributed by atoms with E-state index in [0.29, 0.717) is 36.8 Å². The normalized spacial score (nSPS) is 15.3. The highest BCUT2D eigenvalue weighted by molar-refractivity contribution is 5.95. The lowest BCUT2D eigenvalue weighted by Gasteiger charge is -2.35. The first-order valence-corrected chi connectivity index (χ1v) is 10.1. The van der Waals surface area contributed by atoms with Crippen LogP contribution in [0.4, 0.5) is 5.69 Å². The van der Waals surface area contributed by atoms with Gasteiger partial charge >= 0.3 is 0 Å². The van der Waals surface area contributed by atoms with Gasteiger partial charge in [0.05, 0.1) is 33.5 Å². The molecular formula is C23H31N3O4. The van der Waals surface area contributed by atoms with Crippen LogP contribution in [0.2, 0.25) is 0 Å². The van der Waals surface area contributed by atoms with Gasteiger partial charge in [0.25, 0.3) is 5.91 Å². The van der Waals surface area contributed by atoms with E-state index < -0.39 is 0 Å². The predicted molar refractivity (Wildman–Crippen MR) is 118 cm³/mol. The molecule has 1 aliphatic heterocycles. The average molecular weight is 414 g/mol.